The lowest BCUT2D eigenvalue weighted by atomic mass is 10.2. The number of nitrogens with zero attached hydrogens (tertiary/aromatic N) is 4. The second kappa shape index (κ2) is 6.48. The molecule has 0 aliphatic rings. The van der Waals surface area contributed by atoms with Gasteiger partial charge in [-0.1, -0.05) is 30.3 Å². The van der Waals surface area contributed by atoms with E-state index in [-0.39, 0.29) is 12.5 Å². The summed E-state index contributed by atoms with van der Waals surface area (Å²) in [4.78, 5) is 12.1. The molecule has 0 unspecified atom stereocenters. The molecular formula is C17H19N5O. The van der Waals surface area contributed by atoms with Crippen molar-refractivity contribution in [3.05, 3.63) is 65.7 Å². The number of nitrogens with one attached hydrogen (secondary N) is 1. The van der Waals surface area contributed by atoms with E-state index < -0.39 is 0 Å². The van der Waals surface area contributed by atoms with Crippen molar-refractivity contribution in [2.24, 2.45) is 0 Å². The number of carbonyl (C=O) groups excluding carboxylic acids is 1. The topological polar surface area (TPSA) is 64.7 Å². The van der Waals surface area contributed by atoms with Crippen LogP contribution in [-0.4, -0.2) is 25.5 Å². The van der Waals surface area contributed by atoms with Crippen molar-refractivity contribution in [2.45, 2.75) is 26.9 Å². The van der Waals surface area contributed by atoms with Crippen LogP contribution in [0.15, 0.2) is 48.8 Å². The van der Waals surface area contributed by atoms with Crippen LogP contribution in [0.2, 0.25) is 0 Å². The summed E-state index contributed by atoms with van der Waals surface area (Å²) in [5.41, 5.74) is 3.73. The molecule has 23 heavy (non-hydrogen) atoms. The molecule has 118 valence electrons. The smallest absolute Gasteiger partial charge is 0.246 e. The summed E-state index contributed by atoms with van der Waals surface area (Å²) >= 11 is 0. The van der Waals surface area contributed by atoms with E-state index in [0.29, 0.717) is 12.2 Å². The van der Waals surface area contributed by atoms with Gasteiger partial charge in [0, 0.05) is 11.9 Å². The van der Waals surface area contributed by atoms with E-state index in [4.69, 9.17) is 0 Å². The Hall–Kier alpha value is -2.89. The lowest BCUT2D eigenvalue weighted by Crippen LogP contribution is -2.20. The van der Waals surface area contributed by atoms with Crippen molar-refractivity contribution in [2.75, 3.05) is 5.32 Å². The van der Waals surface area contributed by atoms with Crippen LogP contribution < -0.4 is 5.32 Å². The molecule has 0 aliphatic heterocycles. The second-order valence-corrected chi connectivity index (χ2v) is 5.55. The first-order chi connectivity index (χ1) is 11.1. The third kappa shape index (κ3) is 3.85. The lowest BCUT2D eigenvalue weighted by Gasteiger charge is -2.05. The zero-order chi connectivity index (χ0) is 16.2. The minimum atomic E-state index is -0.115. The summed E-state index contributed by atoms with van der Waals surface area (Å²) in [6, 6.07) is 12.0. The molecule has 1 N–H and O–H groups in total. The average Bonchev–Trinajstić information content (AvgIpc) is 3.06. The van der Waals surface area contributed by atoms with Crippen LogP contribution in [0.3, 0.4) is 0 Å². The number of hydrogen-bond acceptors (Lipinski definition) is 3. The highest BCUT2D eigenvalue weighted by Gasteiger charge is 2.08. The molecule has 3 rings (SSSR count). The van der Waals surface area contributed by atoms with Crippen molar-refractivity contribution in [3.8, 4) is 0 Å². The standard InChI is InChI=1S/C17H19N5O/c1-13-8-14(2)22(20-13)12-17(23)19-16-9-18-21(11-16)10-15-6-4-3-5-7-15/h3-9,11H,10,12H2,1-2H3,(H,19,23). The molecule has 0 saturated carbocycles. The molecule has 0 radical (unpaired) electrons. The van der Waals surface area contributed by atoms with Gasteiger partial charge in [-0.25, -0.2) is 0 Å². The SMILES string of the molecule is Cc1cc(C)n(CC(=O)Nc2cnn(Cc3ccccc3)c2)n1. The van der Waals surface area contributed by atoms with E-state index in [0.717, 1.165) is 17.0 Å². The van der Waals surface area contributed by atoms with Crippen LogP contribution in [0.1, 0.15) is 17.0 Å². The summed E-state index contributed by atoms with van der Waals surface area (Å²) in [5.74, 6) is -0.115. The molecule has 0 bridgehead atoms. The number of benzene rings is 1. The Morgan fingerprint density at radius 3 is 2.70 bits per heavy atom. The van der Waals surface area contributed by atoms with Gasteiger partial charge in [-0.05, 0) is 25.5 Å². The van der Waals surface area contributed by atoms with Crippen LogP contribution in [-0.2, 0) is 17.9 Å². The molecule has 1 amide bonds. The first-order valence-electron chi connectivity index (χ1n) is 7.47. The zero-order valence-electron chi connectivity index (χ0n) is 13.2. The van der Waals surface area contributed by atoms with Gasteiger partial charge in [0.05, 0.1) is 24.1 Å². The predicted octanol–water partition coefficient (Wildman–Crippen LogP) is 2.38. The normalized spacial score (nSPS) is 10.7. The van der Waals surface area contributed by atoms with Crippen LogP contribution in [0.25, 0.3) is 0 Å². The van der Waals surface area contributed by atoms with Crippen molar-refractivity contribution >= 4 is 11.6 Å². The number of aryl methyl sites for hydroxylation is 2. The van der Waals surface area contributed by atoms with Gasteiger partial charge in [0.1, 0.15) is 6.54 Å². The Kier molecular flexibility index (Phi) is 4.23. The van der Waals surface area contributed by atoms with Gasteiger partial charge < -0.3 is 5.32 Å². The lowest BCUT2D eigenvalue weighted by molar-refractivity contribution is -0.116. The first kappa shape index (κ1) is 15.0. The van der Waals surface area contributed by atoms with Gasteiger partial charge >= 0.3 is 0 Å². The fourth-order valence-electron chi connectivity index (χ4n) is 2.46. The third-order valence-corrected chi connectivity index (χ3v) is 3.50. The predicted molar refractivity (Wildman–Crippen MR) is 88.1 cm³/mol. The molecule has 6 nitrogen and oxygen atoms in total. The maximum Gasteiger partial charge on any atom is 0.246 e. The van der Waals surface area contributed by atoms with Gasteiger partial charge in [0.25, 0.3) is 0 Å². The van der Waals surface area contributed by atoms with Crippen molar-refractivity contribution in [1.29, 1.82) is 0 Å². The van der Waals surface area contributed by atoms with E-state index in [1.165, 1.54) is 0 Å². The molecule has 0 spiro atoms. The van der Waals surface area contributed by atoms with Gasteiger partial charge in [-0.3, -0.25) is 14.2 Å². The number of hydrogen-bond donors (Lipinski definition) is 1. The van der Waals surface area contributed by atoms with Gasteiger partial charge in [0.2, 0.25) is 5.91 Å². The van der Waals surface area contributed by atoms with Crippen LogP contribution in [0.5, 0.6) is 0 Å². The molecule has 2 aromatic heterocycles. The number of aromatic nitrogens is 4. The first-order valence-corrected chi connectivity index (χ1v) is 7.47. The molecule has 0 saturated heterocycles. The van der Waals surface area contributed by atoms with Crippen molar-refractivity contribution < 1.29 is 4.79 Å². The van der Waals surface area contributed by atoms with Crippen LogP contribution >= 0.6 is 0 Å². The van der Waals surface area contributed by atoms with Crippen LogP contribution in [0, 0.1) is 13.8 Å². The summed E-state index contributed by atoms with van der Waals surface area (Å²) in [6.07, 6.45) is 3.48. The Morgan fingerprint density at radius 2 is 2.00 bits per heavy atom. The van der Waals surface area contributed by atoms with Gasteiger partial charge in [0.15, 0.2) is 0 Å². The van der Waals surface area contributed by atoms with Gasteiger partial charge in [-0.2, -0.15) is 10.2 Å². The number of rotatable bonds is 5. The average molecular weight is 309 g/mol. The zero-order valence-corrected chi connectivity index (χ0v) is 13.2. The van der Waals surface area contributed by atoms with E-state index in [2.05, 4.69) is 15.5 Å². The minimum Gasteiger partial charge on any atom is -0.322 e. The summed E-state index contributed by atoms with van der Waals surface area (Å²) < 4.78 is 3.49. The molecule has 2 heterocycles. The van der Waals surface area contributed by atoms with Gasteiger partial charge in [-0.15, -0.1) is 0 Å². The Labute approximate surface area is 134 Å². The molecule has 6 heteroatoms. The summed E-state index contributed by atoms with van der Waals surface area (Å²) in [7, 11) is 0. The van der Waals surface area contributed by atoms with E-state index in [1.54, 1.807) is 15.6 Å². The van der Waals surface area contributed by atoms with E-state index in [9.17, 15) is 4.79 Å². The van der Waals surface area contributed by atoms with Crippen molar-refractivity contribution in [3.63, 3.8) is 0 Å². The third-order valence-electron chi connectivity index (χ3n) is 3.50. The highest BCUT2D eigenvalue weighted by Crippen LogP contribution is 2.09. The highest BCUT2D eigenvalue weighted by molar-refractivity contribution is 5.90. The largest absolute Gasteiger partial charge is 0.322 e. The molecule has 3 aromatic rings. The number of amides is 1. The quantitative estimate of drug-likeness (QED) is 0.787. The molecular weight excluding hydrogens is 290 g/mol. The van der Waals surface area contributed by atoms with E-state index in [1.807, 2.05) is 56.4 Å². The maximum atomic E-state index is 12.1. The summed E-state index contributed by atoms with van der Waals surface area (Å²) in [5, 5.41) is 11.4. The molecule has 0 atom stereocenters. The Morgan fingerprint density at radius 1 is 1.22 bits per heavy atom. The highest BCUT2D eigenvalue weighted by atomic mass is 16.2. The minimum absolute atomic E-state index is 0.115. The Balaban J connectivity index is 1.60. The van der Waals surface area contributed by atoms with E-state index >= 15 is 0 Å². The monoisotopic (exact) mass is 309 g/mol. The second-order valence-electron chi connectivity index (χ2n) is 5.55. The fraction of sp³-hybridized carbons (Fsp3) is 0.235. The fourth-order valence-corrected chi connectivity index (χ4v) is 2.46. The summed E-state index contributed by atoms with van der Waals surface area (Å²) in [6.45, 7) is 4.72. The van der Waals surface area contributed by atoms with Crippen molar-refractivity contribution in [1.82, 2.24) is 19.6 Å². The molecule has 0 fully saturated rings. The molecule has 0 aliphatic carbocycles. The Bertz CT molecular complexity index is 804. The number of carbonyl (C=O) groups is 1. The van der Waals surface area contributed by atoms with Crippen LogP contribution in [0.4, 0.5) is 5.69 Å². The maximum absolute atomic E-state index is 12.1. The number of anilines is 1. The molecule has 1 aromatic carbocycles.